The molecule has 1 saturated heterocycles. The van der Waals surface area contributed by atoms with Gasteiger partial charge in [0, 0.05) is 24.7 Å². The molecule has 2 aromatic rings. The van der Waals surface area contributed by atoms with Crippen molar-refractivity contribution in [3.63, 3.8) is 0 Å². The summed E-state index contributed by atoms with van der Waals surface area (Å²) in [6.45, 7) is 4.90. The molecule has 1 N–H and O–H groups in total. The van der Waals surface area contributed by atoms with Crippen LogP contribution in [0.25, 0.3) is 0 Å². The van der Waals surface area contributed by atoms with Crippen molar-refractivity contribution in [2.75, 3.05) is 20.2 Å². The second-order valence-electron chi connectivity index (χ2n) is 6.94. The van der Waals surface area contributed by atoms with Crippen LogP contribution >= 0.6 is 0 Å². The lowest BCUT2D eigenvalue weighted by atomic mass is 10.0. The lowest BCUT2D eigenvalue weighted by Crippen LogP contribution is -2.47. The first-order valence-corrected chi connectivity index (χ1v) is 9.25. The highest BCUT2D eigenvalue weighted by Crippen LogP contribution is 2.20. The number of nitrogens with one attached hydrogen (secondary N) is 1. The van der Waals surface area contributed by atoms with Crippen LogP contribution in [0.5, 0.6) is 5.75 Å². The summed E-state index contributed by atoms with van der Waals surface area (Å²) < 4.78 is 10.7. The summed E-state index contributed by atoms with van der Waals surface area (Å²) in [6.07, 6.45) is 1.83. The van der Waals surface area contributed by atoms with Gasteiger partial charge in [-0.3, -0.25) is 9.59 Å². The quantitative estimate of drug-likeness (QED) is 0.878. The van der Waals surface area contributed by atoms with E-state index in [1.165, 1.54) is 0 Å². The molecule has 2 heterocycles. The Morgan fingerprint density at radius 1 is 1.22 bits per heavy atom. The first kappa shape index (κ1) is 19.0. The minimum atomic E-state index is -0.108. The third-order valence-corrected chi connectivity index (χ3v) is 5.00. The summed E-state index contributed by atoms with van der Waals surface area (Å²) in [5, 5.41) is 3.06. The molecule has 2 amide bonds. The molecule has 1 aliphatic rings. The van der Waals surface area contributed by atoms with Crippen LogP contribution < -0.4 is 10.1 Å². The fourth-order valence-corrected chi connectivity index (χ4v) is 3.52. The number of para-hydroxylation sites is 1. The number of ether oxygens (including phenoxy) is 1. The maximum Gasteiger partial charge on any atom is 0.255 e. The predicted octanol–water partition coefficient (Wildman–Crippen LogP) is 2.87. The summed E-state index contributed by atoms with van der Waals surface area (Å²) in [7, 11) is 1.61. The molecule has 1 fully saturated rings. The van der Waals surface area contributed by atoms with Gasteiger partial charge >= 0.3 is 0 Å². The summed E-state index contributed by atoms with van der Waals surface area (Å²) in [5.41, 5.74) is 1.48. The molecular weight excluding hydrogens is 344 g/mol. The number of likely N-dealkylation sites (tertiary alicyclic amines) is 1. The van der Waals surface area contributed by atoms with E-state index in [0.717, 1.165) is 29.9 Å². The number of piperidine rings is 1. The number of benzene rings is 1. The molecule has 0 unspecified atom stereocenters. The first-order valence-electron chi connectivity index (χ1n) is 9.25. The zero-order valence-corrected chi connectivity index (χ0v) is 16.1. The van der Waals surface area contributed by atoms with E-state index in [0.29, 0.717) is 30.8 Å². The second kappa shape index (κ2) is 8.29. The lowest BCUT2D eigenvalue weighted by molar-refractivity contribution is -0.131. The maximum absolute atomic E-state index is 12.6. The van der Waals surface area contributed by atoms with E-state index in [1.807, 2.05) is 36.1 Å². The number of furan rings is 1. The van der Waals surface area contributed by atoms with E-state index in [2.05, 4.69) is 5.32 Å². The van der Waals surface area contributed by atoms with Crippen LogP contribution in [0.3, 0.4) is 0 Å². The normalized spacial score (nSPS) is 14.9. The van der Waals surface area contributed by atoms with Gasteiger partial charge in [-0.1, -0.05) is 18.2 Å². The van der Waals surface area contributed by atoms with Crippen molar-refractivity contribution in [2.45, 2.75) is 39.2 Å². The van der Waals surface area contributed by atoms with Crippen LogP contribution in [0.15, 0.2) is 34.7 Å². The predicted molar refractivity (Wildman–Crippen MR) is 102 cm³/mol. The van der Waals surface area contributed by atoms with Gasteiger partial charge in [0.25, 0.3) is 5.91 Å². The Morgan fingerprint density at radius 2 is 1.93 bits per heavy atom. The average molecular weight is 370 g/mol. The monoisotopic (exact) mass is 370 g/mol. The van der Waals surface area contributed by atoms with Gasteiger partial charge in [-0.15, -0.1) is 0 Å². The summed E-state index contributed by atoms with van der Waals surface area (Å²) in [4.78, 5) is 26.9. The molecule has 0 saturated carbocycles. The topological polar surface area (TPSA) is 71.8 Å². The smallest absolute Gasteiger partial charge is 0.255 e. The Hall–Kier alpha value is -2.76. The van der Waals surface area contributed by atoms with Crippen molar-refractivity contribution < 1.29 is 18.7 Å². The van der Waals surface area contributed by atoms with Gasteiger partial charge in [-0.25, -0.2) is 0 Å². The molecule has 6 nitrogen and oxygen atoms in total. The number of amides is 2. The number of aryl methyl sites for hydroxylation is 2. The lowest BCUT2D eigenvalue weighted by Gasteiger charge is -2.32. The molecular formula is C21H26N2O4. The molecule has 27 heavy (non-hydrogen) atoms. The highest BCUT2D eigenvalue weighted by molar-refractivity contribution is 5.95. The van der Waals surface area contributed by atoms with Crippen molar-refractivity contribution >= 4 is 11.8 Å². The van der Waals surface area contributed by atoms with Crippen LogP contribution in [0.2, 0.25) is 0 Å². The van der Waals surface area contributed by atoms with Crippen molar-refractivity contribution in [1.82, 2.24) is 10.2 Å². The molecule has 0 bridgehead atoms. The fraction of sp³-hybridized carbons (Fsp3) is 0.429. The van der Waals surface area contributed by atoms with Gasteiger partial charge in [-0.05, 0) is 38.8 Å². The van der Waals surface area contributed by atoms with E-state index in [4.69, 9.17) is 9.15 Å². The van der Waals surface area contributed by atoms with Gasteiger partial charge in [0.2, 0.25) is 5.91 Å². The van der Waals surface area contributed by atoms with E-state index >= 15 is 0 Å². The molecule has 0 aliphatic carbocycles. The summed E-state index contributed by atoms with van der Waals surface area (Å²) in [5.74, 6) is 2.08. The fourth-order valence-electron chi connectivity index (χ4n) is 3.52. The van der Waals surface area contributed by atoms with Gasteiger partial charge in [-0.2, -0.15) is 0 Å². The third-order valence-electron chi connectivity index (χ3n) is 5.00. The van der Waals surface area contributed by atoms with E-state index in [-0.39, 0.29) is 17.9 Å². The molecule has 1 aromatic carbocycles. The number of carbonyl (C=O) groups excluding carboxylic acids is 2. The minimum Gasteiger partial charge on any atom is -0.496 e. The molecule has 144 valence electrons. The Morgan fingerprint density at radius 3 is 2.56 bits per heavy atom. The molecule has 0 radical (unpaired) electrons. The van der Waals surface area contributed by atoms with Crippen molar-refractivity contribution in [3.8, 4) is 5.75 Å². The minimum absolute atomic E-state index is 0.0717. The SMILES string of the molecule is COc1ccccc1CC(=O)N1CCC(NC(=O)c2cc(C)oc2C)CC1. The molecule has 0 atom stereocenters. The molecule has 6 heteroatoms. The Labute approximate surface area is 159 Å². The summed E-state index contributed by atoms with van der Waals surface area (Å²) >= 11 is 0. The van der Waals surface area contributed by atoms with Crippen LogP contribution in [0.4, 0.5) is 0 Å². The molecule has 1 aromatic heterocycles. The summed E-state index contributed by atoms with van der Waals surface area (Å²) in [6, 6.07) is 9.42. The van der Waals surface area contributed by atoms with Gasteiger partial charge < -0.3 is 19.4 Å². The van der Waals surface area contributed by atoms with Crippen molar-refractivity contribution in [3.05, 3.63) is 53.0 Å². The molecule has 1 aliphatic heterocycles. The largest absolute Gasteiger partial charge is 0.496 e. The zero-order valence-electron chi connectivity index (χ0n) is 16.1. The third kappa shape index (κ3) is 4.51. The van der Waals surface area contributed by atoms with Crippen molar-refractivity contribution in [1.29, 1.82) is 0 Å². The van der Waals surface area contributed by atoms with E-state index in [1.54, 1.807) is 20.1 Å². The van der Waals surface area contributed by atoms with Crippen LogP contribution in [-0.4, -0.2) is 43.0 Å². The maximum atomic E-state index is 12.6. The van der Waals surface area contributed by atoms with E-state index < -0.39 is 0 Å². The Kier molecular flexibility index (Phi) is 5.84. The number of carbonyl (C=O) groups is 2. The van der Waals surface area contributed by atoms with Crippen LogP contribution in [-0.2, 0) is 11.2 Å². The van der Waals surface area contributed by atoms with Gasteiger partial charge in [0.05, 0.1) is 19.1 Å². The first-order chi connectivity index (χ1) is 13.0. The Balaban J connectivity index is 1.52. The number of hydrogen-bond donors (Lipinski definition) is 1. The zero-order chi connectivity index (χ0) is 19.4. The number of hydrogen-bond acceptors (Lipinski definition) is 4. The van der Waals surface area contributed by atoms with Crippen molar-refractivity contribution in [2.24, 2.45) is 0 Å². The average Bonchev–Trinajstić information content (AvgIpc) is 3.01. The number of methoxy groups -OCH3 is 1. The second-order valence-corrected chi connectivity index (χ2v) is 6.94. The number of nitrogens with zero attached hydrogens (tertiary/aromatic N) is 1. The van der Waals surface area contributed by atoms with Gasteiger partial charge in [0.15, 0.2) is 0 Å². The van der Waals surface area contributed by atoms with Crippen LogP contribution in [0, 0.1) is 13.8 Å². The van der Waals surface area contributed by atoms with Crippen LogP contribution in [0.1, 0.15) is 40.3 Å². The molecule has 3 rings (SSSR count). The highest BCUT2D eigenvalue weighted by atomic mass is 16.5. The Bertz CT molecular complexity index is 819. The highest BCUT2D eigenvalue weighted by Gasteiger charge is 2.25. The standard InChI is InChI=1S/C21H26N2O4/c1-14-12-18(15(2)27-14)21(25)22-17-8-10-23(11-9-17)20(24)13-16-6-4-5-7-19(16)26-3/h4-7,12,17H,8-11,13H2,1-3H3,(H,22,25). The van der Waals surface area contributed by atoms with Gasteiger partial charge in [0.1, 0.15) is 17.3 Å². The van der Waals surface area contributed by atoms with E-state index in [9.17, 15) is 9.59 Å². The number of rotatable bonds is 5. The molecule has 0 spiro atoms.